The SMILES string of the molecule is C#CCOCCOCCOCCOCCN(CC(=O)CC(C)(C)C)CC(=O)OC(C)(C)C. The predicted molar refractivity (Wildman–Crippen MR) is 123 cm³/mol. The highest BCUT2D eigenvalue weighted by Crippen LogP contribution is 2.19. The minimum Gasteiger partial charge on any atom is -0.459 e. The summed E-state index contributed by atoms with van der Waals surface area (Å²) in [6.45, 7) is 15.6. The summed E-state index contributed by atoms with van der Waals surface area (Å²) in [5, 5.41) is 0. The van der Waals surface area contributed by atoms with Crippen molar-refractivity contribution in [3.05, 3.63) is 0 Å². The molecule has 0 aromatic rings. The highest BCUT2D eigenvalue weighted by molar-refractivity contribution is 5.82. The predicted octanol–water partition coefficient (Wildman–Crippen LogP) is 2.34. The van der Waals surface area contributed by atoms with Gasteiger partial charge in [0.1, 0.15) is 18.0 Å². The van der Waals surface area contributed by atoms with Crippen LogP contribution >= 0.6 is 0 Å². The van der Waals surface area contributed by atoms with Gasteiger partial charge in [0.05, 0.1) is 59.3 Å². The van der Waals surface area contributed by atoms with Gasteiger partial charge < -0.3 is 23.7 Å². The number of hydrogen-bond acceptors (Lipinski definition) is 8. The van der Waals surface area contributed by atoms with Crippen molar-refractivity contribution in [2.75, 3.05) is 72.5 Å². The van der Waals surface area contributed by atoms with Crippen LogP contribution in [0.25, 0.3) is 0 Å². The first-order chi connectivity index (χ1) is 14.9. The van der Waals surface area contributed by atoms with Crippen LogP contribution in [0.4, 0.5) is 0 Å². The number of esters is 1. The molecular formula is C24H43NO7. The lowest BCUT2D eigenvalue weighted by molar-refractivity contribution is -0.156. The van der Waals surface area contributed by atoms with Crippen molar-refractivity contribution in [3.63, 3.8) is 0 Å². The first-order valence-corrected chi connectivity index (χ1v) is 11.1. The first kappa shape index (κ1) is 30.5. The average molecular weight is 458 g/mol. The van der Waals surface area contributed by atoms with E-state index >= 15 is 0 Å². The maximum absolute atomic E-state index is 12.4. The second-order valence-electron chi connectivity index (χ2n) is 9.67. The van der Waals surface area contributed by atoms with E-state index in [0.29, 0.717) is 59.2 Å². The lowest BCUT2D eigenvalue weighted by atomic mass is 9.90. The molecule has 0 aromatic heterocycles. The van der Waals surface area contributed by atoms with Crippen LogP contribution in [-0.4, -0.2) is 94.7 Å². The van der Waals surface area contributed by atoms with Gasteiger partial charge in [-0.25, -0.2) is 0 Å². The Morgan fingerprint density at radius 3 is 1.75 bits per heavy atom. The van der Waals surface area contributed by atoms with Crippen LogP contribution in [0.5, 0.6) is 0 Å². The number of hydrogen-bond donors (Lipinski definition) is 0. The van der Waals surface area contributed by atoms with Gasteiger partial charge in [-0.2, -0.15) is 0 Å². The number of rotatable bonds is 18. The molecule has 0 rings (SSSR count). The van der Waals surface area contributed by atoms with E-state index in [9.17, 15) is 9.59 Å². The summed E-state index contributed by atoms with van der Waals surface area (Å²) in [5.41, 5.74) is -0.661. The maximum Gasteiger partial charge on any atom is 0.320 e. The van der Waals surface area contributed by atoms with Gasteiger partial charge in [-0.1, -0.05) is 26.7 Å². The molecule has 8 nitrogen and oxygen atoms in total. The zero-order chi connectivity index (χ0) is 24.5. The Morgan fingerprint density at radius 2 is 1.28 bits per heavy atom. The minimum absolute atomic E-state index is 0.0510. The Bertz CT molecular complexity index is 528. The van der Waals surface area contributed by atoms with Gasteiger partial charge >= 0.3 is 5.97 Å². The second-order valence-corrected chi connectivity index (χ2v) is 9.67. The molecule has 0 N–H and O–H groups in total. The Kier molecular flexibility index (Phi) is 16.2. The molecule has 0 bridgehead atoms. The van der Waals surface area contributed by atoms with Gasteiger partial charge in [0.15, 0.2) is 0 Å². The highest BCUT2D eigenvalue weighted by atomic mass is 16.6. The van der Waals surface area contributed by atoms with Crippen LogP contribution in [0, 0.1) is 17.8 Å². The number of Topliss-reactive ketones (excluding diaryl/α,β-unsaturated/α-hetero) is 1. The third kappa shape index (κ3) is 21.7. The van der Waals surface area contributed by atoms with Crippen LogP contribution in [0.2, 0.25) is 0 Å². The zero-order valence-corrected chi connectivity index (χ0v) is 20.9. The fraction of sp³-hybridized carbons (Fsp3) is 0.833. The summed E-state index contributed by atoms with van der Waals surface area (Å²) in [6.07, 6.45) is 5.52. The van der Waals surface area contributed by atoms with Crippen molar-refractivity contribution in [2.45, 2.75) is 53.6 Å². The molecule has 32 heavy (non-hydrogen) atoms. The van der Waals surface area contributed by atoms with E-state index in [2.05, 4.69) is 5.92 Å². The molecule has 0 unspecified atom stereocenters. The quantitative estimate of drug-likeness (QED) is 0.176. The molecule has 0 atom stereocenters. The molecule has 0 fully saturated rings. The Balaban J connectivity index is 4.12. The molecule has 0 aliphatic heterocycles. The van der Waals surface area contributed by atoms with E-state index in [1.807, 2.05) is 41.5 Å². The number of nitrogens with zero attached hydrogens (tertiary/aromatic N) is 1. The maximum atomic E-state index is 12.4. The van der Waals surface area contributed by atoms with Crippen molar-refractivity contribution in [1.29, 1.82) is 0 Å². The van der Waals surface area contributed by atoms with Gasteiger partial charge in [0, 0.05) is 13.0 Å². The van der Waals surface area contributed by atoms with Crippen molar-refractivity contribution in [1.82, 2.24) is 4.90 Å². The normalized spacial score (nSPS) is 12.1. The summed E-state index contributed by atoms with van der Waals surface area (Å²) in [4.78, 5) is 26.4. The van der Waals surface area contributed by atoms with E-state index in [4.69, 9.17) is 30.1 Å². The van der Waals surface area contributed by atoms with E-state index in [-0.39, 0.29) is 36.9 Å². The molecule has 0 radical (unpaired) electrons. The van der Waals surface area contributed by atoms with Crippen molar-refractivity contribution >= 4 is 11.8 Å². The van der Waals surface area contributed by atoms with Gasteiger partial charge in [0.2, 0.25) is 0 Å². The molecule has 186 valence electrons. The monoisotopic (exact) mass is 457 g/mol. The Morgan fingerprint density at radius 1 is 0.781 bits per heavy atom. The lowest BCUT2D eigenvalue weighted by Crippen LogP contribution is -2.40. The van der Waals surface area contributed by atoms with Gasteiger partial charge in [-0.05, 0) is 26.2 Å². The molecule has 0 aliphatic carbocycles. The van der Waals surface area contributed by atoms with Crippen molar-refractivity contribution in [2.24, 2.45) is 5.41 Å². The van der Waals surface area contributed by atoms with Gasteiger partial charge in [-0.3, -0.25) is 14.5 Å². The molecule has 0 spiro atoms. The first-order valence-electron chi connectivity index (χ1n) is 11.1. The van der Waals surface area contributed by atoms with Crippen LogP contribution < -0.4 is 0 Å². The van der Waals surface area contributed by atoms with Crippen LogP contribution in [0.15, 0.2) is 0 Å². The van der Waals surface area contributed by atoms with Gasteiger partial charge in [-0.15, -0.1) is 6.42 Å². The van der Waals surface area contributed by atoms with Crippen molar-refractivity contribution in [3.8, 4) is 12.3 Å². The standard InChI is InChI=1S/C24H43NO7/c1-8-10-28-12-14-30-16-17-31-15-13-29-11-9-25(19-21(26)18-23(2,3)4)20-22(27)32-24(5,6)7/h1H,9-20H2,2-7H3. The number of carbonyl (C=O) groups excluding carboxylic acids is 2. The number of ketones is 1. The average Bonchev–Trinajstić information content (AvgIpc) is 2.62. The minimum atomic E-state index is -0.565. The third-order valence-electron chi connectivity index (χ3n) is 3.75. The zero-order valence-electron chi connectivity index (χ0n) is 20.9. The molecule has 0 saturated heterocycles. The number of ether oxygens (including phenoxy) is 5. The second kappa shape index (κ2) is 17.0. The lowest BCUT2D eigenvalue weighted by Gasteiger charge is -2.25. The summed E-state index contributed by atoms with van der Waals surface area (Å²) in [6, 6.07) is 0. The van der Waals surface area contributed by atoms with Crippen molar-refractivity contribution < 1.29 is 33.3 Å². The van der Waals surface area contributed by atoms with Gasteiger partial charge in [0.25, 0.3) is 0 Å². The topological polar surface area (TPSA) is 83.5 Å². The summed E-state index contributed by atoms with van der Waals surface area (Å²) in [7, 11) is 0. The highest BCUT2D eigenvalue weighted by Gasteiger charge is 2.22. The van der Waals surface area contributed by atoms with Crippen LogP contribution in [0.3, 0.4) is 0 Å². The molecule has 0 aromatic carbocycles. The molecule has 0 saturated carbocycles. The fourth-order valence-electron chi connectivity index (χ4n) is 2.65. The summed E-state index contributed by atoms with van der Waals surface area (Å²) < 4.78 is 26.9. The molecular weight excluding hydrogens is 414 g/mol. The third-order valence-corrected chi connectivity index (χ3v) is 3.75. The van der Waals surface area contributed by atoms with Crippen LogP contribution in [0.1, 0.15) is 48.0 Å². The molecule has 0 aliphatic rings. The van der Waals surface area contributed by atoms with E-state index in [1.165, 1.54) is 0 Å². The molecule has 8 heteroatoms. The van der Waals surface area contributed by atoms with E-state index in [0.717, 1.165) is 0 Å². The number of terminal acetylenes is 1. The van der Waals surface area contributed by atoms with E-state index < -0.39 is 5.60 Å². The molecule has 0 amide bonds. The fourth-order valence-corrected chi connectivity index (χ4v) is 2.65. The van der Waals surface area contributed by atoms with E-state index in [1.54, 1.807) is 4.90 Å². The largest absolute Gasteiger partial charge is 0.459 e. The molecule has 0 heterocycles. The number of carbonyl (C=O) groups is 2. The summed E-state index contributed by atoms with van der Waals surface area (Å²) >= 11 is 0. The Labute approximate surface area is 194 Å². The Hall–Kier alpha value is -1.50. The van der Waals surface area contributed by atoms with Crippen LogP contribution in [-0.2, 0) is 33.3 Å². The summed E-state index contributed by atoms with van der Waals surface area (Å²) in [5.74, 6) is 2.13. The smallest absolute Gasteiger partial charge is 0.320 e.